The van der Waals surface area contributed by atoms with Crippen molar-refractivity contribution in [2.45, 2.75) is 45.6 Å². The van der Waals surface area contributed by atoms with Gasteiger partial charge in [0, 0.05) is 19.5 Å². The van der Waals surface area contributed by atoms with E-state index >= 15 is 0 Å². The molecule has 0 amide bonds. The SMILES string of the molecule is CCCc1nn(C)c(NC(C)CCC(=O)O)c1[N+](=O)[O-]. The molecule has 0 aliphatic rings. The van der Waals surface area contributed by atoms with Crippen LogP contribution in [0.3, 0.4) is 0 Å². The Labute approximate surface area is 116 Å². The average Bonchev–Trinajstić information content (AvgIpc) is 2.64. The number of carboxylic acids is 1. The standard InChI is InChI=1S/C12H20N4O4/c1-4-5-9-11(16(19)20)12(15(3)14-9)13-8(2)6-7-10(17)18/h8,13H,4-7H2,1-3H3,(H,17,18). The Morgan fingerprint density at radius 3 is 2.75 bits per heavy atom. The van der Waals surface area contributed by atoms with Crippen molar-refractivity contribution in [1.29, 1.82) is 0 Å². The molecule has 1 rings (SSSR count). The van der Waals surface area contributed by atoms with E-state index in [1.165, 1.54) is 4.68 Å². The van der Waals surface area contributed by atoms with Crippen molar-refractivity contribution in [2.24, 2.45) is 7.05 Å². The maximum atomic E-state index is 11.2. The maximum Gasteiger partial charge on any atom is 0.333 e. The van der Waals surface area contributed by atoms with Gasteiger partial charge in [-0.15, -0.1) is 0 Å². The Morgan fingerprint density at radius 2 is 2.25 bits per heavy atom. The summed E-state index contributed by atoms with van der Waals surface area (Å²) in [4.78, 5) is 21.3. The van der Waals surface area contributed by atoms with E-state index < -0.39 is 10.9 Å². The molecule has 0 aliphatic heterocycles. The van der Waals surface area contributed by atoms with E-state index in [2.05, 4.69) is 10.4 Å². The predicted octanol–water partition coefficient (Wildman–Crippen LogP) is 1.95. The van der Waals surface area contributed by atoms with Gasteiger partial charge in [0.2, 0.25) is 5.82 Å². The van der Waals surface area contributed by atoms with Crippen LogP contribution in [0.25, 0.3) is 0 Å². The average molecular weight is 284 g/mol. The van der Waals surface area contributed by atoms with Crippen molar-refractivity contribution in [3.8, 4) is 0 Å². The van der Waals surface area contributed by atoms with Crippen LogP contribution in [0.1, 0.15) is 38.8 Å². The van der Waals surface area contributed by atoms with Crippen LogP contribution in [-0.2, 0) is 18.3 Å². The molecule has 0 aromatic carbocycles. The van der Waals surface area contributed by atoms with Gasteiger partial charge >= 0.3 is 11.7 Å². The second-order valence-corrected chi connectivity index (χ2v) is 4.75. The molecule has 0 spiro atoms. The van der Waals surface area contributed by atoms with Gasteiger partial charge in [-0.2, -0.15) is 5.10 Å². The molecule has 112 valence electrons. The third-order valence-electron chi connectivity index (χ3n) is 2.94. The van der Waals surface area contributed by atoms with Gasteiger partial charge in [0.15, 0.2) is 0 Å². The highest BCUT2D eigenvalue weighted by Gasteiger charge is 2.26. The molecule has 1 atom stereocenters. The van der Waals surface area contributed by atoms with Crippen LogP contribution >= 0.6 is 0 Å². The van der Waals surface area contributed by atoms with Crippen LogP contribution in [0.5, 0.6) is 0 Å². The van der Waals surface area contributed by atoms with E-state index in [-0.39, 0.29) is 18.2 Å². The number of nitrogens with one attached hydrogen (secondary N) is 1. The molecule has 1 heterocycles. The third kappa shape index (κ3) is 3.94. The minimum Gasteiger partial charge on any atom is -0.481 e. The molecule has 0 radical (unpaired) electrons. The molecule has 8 nitrogen and oxygen atoms in total. The summed E-state index contributed by atoms with van der Waals surface area (Å²) in [6, 6.07) is -0.185. The van der Waals surface area contributed by atoms with Gasteiger partial charge in [-0.1, -0.05) is 13.3 Å². The molecule has 8 heteroatoms. The van der Waals surface area contributed by atoms with Gasteiger partial charge in [0.05, 0.1) is 4.92 Å². The van der Waals surface area contributed by atoms with Crippen molar-refractivity contribution in [3.05, 3.63) is 15.8 Å². The number of nitro groups is 1. The second-order valence-electron chi connectivity index (χ2n) is 4.75. The van der Waals surface area contributed by atoms with Crippen LogP contribution in [0.15, 0.2) is 0 Å². The molecule has 1 aromatic rings. The first-order chi connectivity index (χ1) is 9.36. The molecular formula is C12H20N4O4. The summed E-state index contributed by atoms with van der Waals surface area (Å²) in [5.74, 6) is -0.554. The summed E-state index contributed by atoms with van der Waals surface area (Å²) < 4.78 is 1.44. The maximum absolute atomic E-state index is 11.2. The lowest BCUT2D eigenvalue weighted by molar-refractivity contribution is -0.384. The number of anilines is 1. The van der Waals surface area contributed by atoms with Gasteiger partial charge in [0.1, 0.15) is 5.69 Å². The fourth-order valence-corrected chi connectivity index (χ4v) is 1.97. The Hall–Kier alpha value is -2.12. The number of aliphatic carboxylic acids is 1. The monoisotopic (exact) mass is 284 g/mol. The lowest BCUT2D eigenvalue weighted by Gasteiger charge is -2.13. The summed E-state index contributed by atoms with van der Waals surface area (Å²) in [5.41, 5.74) is 0.435. The first-order valence-electron chi connectivity index (χ1n) is 6.55. The van der Waals surface area contributed by atoms with Crippen molar-refractivity contribution in [2.75, 3.05) is 5.32 Å². The number of nitrogens with zero attached hydrogens (tertiary/aromatic N) is 3. The van der Waals surface area contributed by atoms with E-state index in [1.807, 2.05) is 6.92 Å². The van der Waals surface area contributed by atoms with Gasteiger partial charge in [-0.3, -0.25) is 14.9 Å². The lowest BCUT2D eigenvalue weighted by Crippen LogP contribution is -2.19. The largest absolute Gasteiger partial charge is 0.481 e. The summed E-state index contributed by atoms with van der Waals surface area (Å²) in [6.07, 6.45) is 1.71. The number of aromatic nitrogens is 2. The zero-order chi connectivity index (χ0) is 15.3. The molecule has 20 heavy (non-hydrogen) atoms. The van der Waals surface area contributed by atoms with Gasteiger partial charge in [-0.25, -0.2) is 4.68 Å². The third-order valence-corrected chi connectivity index (χ3v) is 2.94. The summed E-state index contributed by atoms with van der Waals surface area (Å²) >= 11 is 0. The molecule has 0 fully saturated rings. The van der Waals surface area contributed by atoms with Crippen molar-refractivity contribution in [1.82, 2.24) is 9.78 Å². The van der Waals surface area contributed by atoms with E-state index in [1.54, 1.807) is 14.0 Å². The molecule has 2 N–H and O–H groups in total. The van der Waals surface area contributed by atoms with Crippen molar-refractivity contribution in [3.63, 3.8) is 0 Å². The van der Waals surface area contributed by atoms with Gasteiger partial charge < -0.3 is 10.4 Å². The van der Waals surface area contributed by atoms with E-state index in [0.717, 1.165) is 6.42 Å². The minimum absolute atomic E-state index is 0.0155. The van der Waals surface area contributed by atoms with Crippen LogP contribution in [-0.4, -0.2) is 31.8 Å². The molecule has 1 aromatic heterocycles. The first kappa shape index (κ1) is 15.9. The van der Waals surface area contributed by atoms with Crippen LogP contribution in [0.4, 0.5) is 11.5 Å². The number of rotatable bonds is 8. The molecule has 0 bridgehead atoms. The lowest BCUT2D eigenvalue weighted by atomic mass is 10.2. The quantitative estimate of drug-likeness (QED) is 0.557. The fraction of sp³-hybridized carbons (Fsp3) is 0.667. The smallest absolute Gasteiger partial charge is 0.333 e. The molecule has 0 saturated carbocycles. The number of aryl methyl sites for hydroxylation is 2. The summed E-state index contributed by atoms with van der Waals surface area (Å²) in [7, 11) is 1.64. The predicted molar refractivity (Wildman–Crippen MR) is 73.8 cm³/mol. The van der Waals surface area contributed by atoms with Crippen LogP contribution in [0.2, 0.25) is 0 Å². The second kappa shape index (κ2) is 6.88. The van der Waals surface area contributed by atoms with E-state index in [0.29, 0.717) is 24.4 Å². The highest BCUT2D eigenvalue weighted by atomic mass is 16.6. The Balaban J connectivity index is 2.93. The Kier molecular flexibility index (Phi) is 5.48. The fourth-order valence-electron chi connectivity index (χ4n) is 1.97. The summed E-state index contributed by atoms with van der Waals surface area (Å²) in [5, 5.41) is 27.0. The summed E-state index contributed by atoms with van der Waals surface area (Å²) in [6.45, 7) is 3.72. The molecule has 1 unspecified atom stereocenters. The minimum atomic E-state index is -0.884. The van der Waals surface area contributed by atoms with Crippen LogP contribution < -0.4 is 5.32 Å². The highest BCUT2D eigenvalue weighted by Crippen LogP contribution is 2.29. The van der Waals surface area contributed by atoms with E-state index in [4.69, 9.17) is 5.11 Å². The van der Waals surface area contributed by atoms with Crippen molar-refractivity contribution >= 4 is 17.5 Å². The topological polar surface area (TPSA) is 110 Å². The van der Waals surface area contributed by atoms with Gasteiger partial charge in [0.25, 0.3) is 0 Å². The number of carbonyl (C=O) groups is 1. The van der Waals surface area contributed by atoms with E-state index in [9.17, 15) is 14.9 Å². The molecule has 0 aliphatic carbocycles. The Bertz CT molecular complexity index is 498. The first-order valence-corrected chi connectivity index (χ1v) is 6.55. The Morgan fingerprint density at radius 1 is 1.60 bits per heavy atom. The highest BCUT2D eigenvalue weighted by molar-refractivity contribution is 5.67. The zero-order valence-corrected chi connectivity index (χ0v) is 11.9. The van der Waals surface area contributed by atoms with Crippen LogP contribution in [0, 0.1) is 10.1 Å². The molecule has 0 saturated heterocycles. The number of hydrogen-bond donors (Lipinski definition) is 2. The molecular weight excluding hydrogens is 264 g/mol. The zero-order valence-electron chi connectivity index (χ0n) is 11.9. The number of hydrogen-bond acceptors (Lipinski definition) is 5. The van der Waals surface area contributed by atoms with Crippen molar-refractivity contribution < 1.29 is 14.8 Å². The number of carboxylic acid groups (broad SMARTS) is 1. The normalized spacial score (nSPS) is 12.2. The van der Waals surface area contributed by atoms with Gasteiger partial charge in [-0.05, 0) is 19.8 Å².